The molecule has 1 aromatic rings. The topological polar surface area (TPSA) is 54.5 Å². The van der Waals surface area contributed by atoms with Gasteiger partial charge in [-0.05, 0) is 25.8 Å². The van der Waals surface area contributed by atoms with Crippen molar-refractivity contribution in [3.63, 3.8) is 0 Å². The van der Waals surface area contributed by atoms with E-state index in [1.165, 1.54) is 10.5 Å². The number of carbonyl (C=O) groups is 1. The Morgan fingerprint density at radius 3 is 2.67 bits per heavy atom. The summed E-state index contributed by atoms with van der Waals surface area (Å²) in [6.07, 6.45) is 1.59. The summed E-state index contributed by atoms with van der Waals surface area (Å²) in [5.41, 5.74) is 0.807. The Balaban J connectivity index is 2.44. The molecule has 130 valence electrons. The Morgan fingerprint density at radius 2 is 2.08 bits per heavy atom. The number of nitrogens with one attached hydrogen (secondary N) is 1. The van der Waals surface area contributed by atoms with Crippen LogP contribution in [0.3, 0.4) is 0 Å². The first-order chi connectivity index (χ1) is 11.4. The molecule has 1 heterocycles. The lowest BCUT2D eigenvalue weighted by atomic mass is 9.59. The van der Waals surface area contributed by atoms with E-state index in [-0.39, 0.29) is 17.3 Å². The lowest BCUT2D eigenvalue weighted by Crippen LogP contribution is -3.15. The van der Waals surface area contributed by atoms with Crippen molar-refractivity contribution in [2.24, 2.45) is 17.3 Å². The lowest BCUT2D eigenvalue weighted by Gasteiger charge is -2.48. The number of ether oxygens (including phenoxy) is 1. The van der Waals surface area contributed by atoms with Gasteiger partial charge in [-0.2, -0.15) is 5.26 Å². The van der Waals surface area contributed by atoms with Crippen molar-refractivity contribution in [3.05, 3.63) is 35.9 Å². The van der Waals surface area contributed by atoms with Crippen LogP contribution in [0.15, 0.2) is 30.3 Å². The van der Waals surface area contributed by atoms with Gasteiger partial charge in [0.15, 0.2) is 5.92 Å². The summed E-state index contributed by atoms with van der Waals surface area (Å²) >= 11 is 0. The number of quaternary nitrogens is 1. The molecule has 24 heavy (non-hydrogen) atoms. The number of esters is 1. The van der Waals surface area contributed by atoms with E-state index in [1.54, 1.807) is 6.92 Å². The average Bonchev–Trinajstić information content (AvgIpc) is 2.55. The summed E-state index contributed by atoms with van der Waals surface area (Å²) in [5.74, 6) is -0.819. The first-order valence-electron chi connectivity index (χ1n) is 8.87. The molecule has 1 aliphatic heterocycles. The predicted molar refractivity (Wildman–Crippen MR) is 93.3 cm³/mol. The van der Waals surface area contributed by atoms with Crippen molar-refractivity contribution in [3.8, 4) is 6.07 Å². The van der Waals surface area contributed by atoms with E-state index in [2.05, 4.69) is 39.1 Å². The van der Waals surface area contributed by atoms with E-state index in [4.69, 9.17) is 4.74 Å². The van der Waals surface area contributed by atoms with Crippen LogP contribution in [0.1, 0.15) is 32.8 Å². The summed E-state index contributed by atoms with van der Waals surface area (Å²) in [6, 6.07) is 12.9. The Hall–Kier alpha value is -1.86. The van der Waals surface area contributed by atoms with Crippen molar-refractivity contribution in [1.29, 1.82) is 5.26 Å². The predicted octanol–water partition coefficient (Wildman–Crippen LogP) is 1.86. The summed E-state index contributed by atoms with van der Waals surface area (Å²) in [7, 11) is 2.19. The smallest absolute Gasteiger partial charge is 0.323 e. The Kier molecular flexibility index (Phi) is 6.01. The third kappa shape index (κ3) is 3.62. The lowest BCUT2D eigenvalue weighted by molar-refractivity contribution is -0.916. The molecule has 5 unspecified atom stereocenters. The van der Waals surface area contributed by atoms with Gasteiger partial charge in [-0.15, -0.1) is 0 Å². The van der Waals surface area contributed by atoms with Crippen LogP contribution in [0.4, 0.5) is 0 Å². The molecule has 1 aromatic carbocycles. The molecular formula is C20H29N2O2+. The third-order valence-electron chi connectivity index (χ3n) is 5.74. The fraction of sp³-hybridized carbons (Fsp3) is 0.600. The molecule has 0 aromatic heterocycles. The maximum absolute atomic E-state index is 12.6. The highest BCUT2D eigenvalue weighted by molar-refractivity contribution is 5.76. The number of nitriles is 1. The Bertz CT molecular complexity index is 595. The van der Waals surface area contributed by atoms with Crippen molar-refractivity contribution in [2.75, 3.05) is 20.2 Å². The molecule has 1 saturated heterocycles. The summed E-state index contributed by atoms with van der Waals surface area (Å²) < 4.78 is 5.25. The van der Waals surface area contributed by atoms with Crippen molar-refractivity contribution in [1.82, 2.24) is 0 Å². The zero-order valence-corrected chi connectivity index (χ0v) is 15.2. The van der Waals surface area contributed by atoms with Crippen LogP contribution in [-0.4, -0.2) is 32.2 Å². The highest BCUT2D eigenvalue weighted by atomic mass is 16.5. The summed E-state index contributed by atoms with van der Waals surface area (Å²) in [4.78, 5) is 14.0. The second kappa shape index (κ2) is 7.81. The SMILES string of the molecule is CCOC(=O)C(C#N)C1(Cc2ccccc2)CC(C)[NH+](C)CC1C. The molecule has 0 saturated carbocycles. The zero-order valence-electron chi connectivity index (χ0n) is 15.2. The van der Waals surface area contributed by atoms with Gasteiger partial charge < -0.3 is 9.64 Å². The first-order valence-corrected chi connectivity index (χ1v) is 8.87. The Labute approximate surface area is 145 Å². The number of likely N-dealkylation sites (tertiary alicyclic amines) is 1. The number of rotatable bonds is 5. The highest BCUT2D eigenvalue weighted by Crippen LogP contribution is 2.45. The van der Waals surface area contributed by atoms with Crippen molar-refractivity contribution in [2.45, 2.75) is 39.7 Å². The van der Waals surface area contributed by atoms with E-state index in [0.717, 1.165) is 19.4 Å². The van der Waals surface area contributed by atoms with Crippen molar-refractivity contribution < 1.29 is 14.4 Å². The summed E-state index contributed by atoms with van der Waals surface area (Å²) in [6.45, 7) is 7.46. The third-order valence-corrected chi connectivity index (χ3v) is 5.74. The molecule has 1 aliphatic rings. The minimum absolute atomic E-state index is 0.267. The molecule has 0 aliphatic carbocycles. The van der Waals surface area contributed by atoms with Gasteiger partial charge in [-0.3, -0.25) is 4.79 Å². The van der Waals surface area contributed by atoms with E-state index in [0.29, 0.717) is 12.6 Å². The molecular weight excluding hydrogens is 300 g/mol. The number of hydrogen-bond donors (Lipinski definition) is 1. The van der Waals surface area contributed by atoms with E-state index >= 15 is 0 Å². The average molecular weight is 329 g/mol. The number of hydrogen-bond acceptors (Lipinski definition) is 3. The molecule has 0 bridgehead atoms. The highest BCUT2D eigenvalue weighted by Gasteiger charge is 2.53. The van der Waals surface area contributed by atoms with Gasteiger partial charge in [-0.25, -0.2) is 0 Å². The minimum atomic E-state index is -0.719. The van der Waals surface area contributed by atoms with Crippen LogP contribution < -0.4 is 4.90 Å². The fourth-order valence-corrected chi connectivity index (χ4v) is 4.20. The molecule has 1 N–H and O–H groups in total. The molecule has 2 rings (SSSR count). The van der Waals surface area contributed by atoms with Crippen molar-refractivity contribution >= 4 is 5.97 Å². The minimum Gasteiger partial charge on any atom is -0.465 e. The Morgan fingerprint density at radius 1 is 1.42 bits per heavy atom. The van der Waals surface area contributed by atoms with Crippen LogP contribution in [-0.2, 0) is 16.0 Å². The largest absolute Gasteiger partial charge is 0.465 e. The molecule has 0 radical (unpaired) electrons. The van der Waals surface area contributed by atoms with Crippen LogP contribution in [0.5, 0.6) is 0 Å². The van der Waals surface area contributed by atoms with Crippen LogP contribution >= 0.6 is 0 Å². The van der Waals surface area contributed by atoms with Gasteiger partial charge in [0.25, 0.3) is 0 Å². The number of piperidine rings is 1. The zero-order chi connectivity index (χ0) is 17.7. The van der Waals surface area contributed by atoms with Crippen LogP contribution in [0.25, 0.3) is 0 Å². The molecule has 4 nitrogen and oxygen atoms in total. The van der Waals surface area contributed by atoms with Crippen LogP contribution in [0.2, 0.25) is 0 Å². The maximum atomic E-state index is 12.6. The van der Waals surface area contributed by atoms with Gasteiger partial charge in [0, 0.05) is 17.8 Å². The summed E-state index contributed by atoms with van der Waals surface area (Å²) in [5, 5.41) is 9.83. The second-order valence-corrected chi connectivity index (χ2v) is 7.27. The molecule has 0 spiro atoms. The maximum Gasteiger partial charge on any atom is 0.323 e. The van der Waals surface area contributed by atoms with Gasteiger partial charge in [0.1, 0.15) is 0 Å². The number of carbonyl (C=O) groups excluding carboxylic acids is 1. The van der Waals surface area contributed by atoms with Gasteiger partial charge in [-0.1, -0.05) is 37.3 Å². The standard InChI is InChI=1S/C20H28N2O2/c1-5-24-19(23)18(13-21)20(12-17-9-7-6-8-10-17)11-16(3)22(4)14-15(20)2/h6-10,15-16,18H,5,11-12,14H2,1-4H3/p+1. The number of benzene rings is 1. The van der Waals surface area contributed by atoms with E-state index in [9.17, 15) is 10.1 Å². The normalized spacial score (nSPS) is 31.0. The van der Waals surface area contributed by atoms with Gasteiger partial charge in [0.05, 0.1) is 32.3 Å². The molecule has 0 amide bonds. The van der Waals surface area contributed by atoms with E-state index < -0.39 is 5.92 Å². The van der Waals surface area contributed by atoms with E-state index in [1.807, 2.05) is 18.2 Å². The van der Waals surface area contributed by atoms with Gasteiger partial charge >= 0.3 is 5.97 Å². The molecule has 5 atom stereocenters. The quantitative estimate of drug-likeness (QED) is 0.839. The van der Waals surface area contributed by atoms with Crippen LogP contribution in [0, 0.1) is 28.6 Å². The number of nitrogens with zero attached hydrogens (tertiary/aromatic N) is 1. The molecule has 4 heteroatoms. The second-order valence-electron chi connectivity index (χ2n) is 7.27. The molecule has 1 fully saturated rings. The monoisotopic (exact) mass is 329 g/mol. The van der Waals surface area contributed by atoms with Gasteiger partial charge in [0.2, 0.25) is 0 Å². The fourth-order valence-electron chi connectivity index (χ4n) is 4.20. The first kappa shape index (κ1) is 18.5.